The first-order valence-corrected chi connectivity index (χ1v) is 7.05. The molecule has 5 heteroatoms. The van der Waals surface area contributed by atoms with Crippen LogP contribution in [0.25, 0.3) is 0 Å². The van der Waals surface area contributed by atoms with Crippen molar-refractivity contribution in [3.63, 3.8) is 0 Å². The van der Waals surface area contributed by atoms with Crippen LogP contribution < -0.4 is 5.32 Å². The van der Waals surface area contributed by atoms with E-state index >= 15 is 0 Å². The number of imidazole rings is 1. The first kappa shape index (κ1) is 13.4. The highest BCUT2D eigenvalue weighted by molar-refractivity contribution is 9.10. The Hall–Kier alpha value is -1.000. The Morgan fingerprint density at radius 2 is 2.28 bits per heavy atom. The Labute approximate surface area is 120 Å². The molecule has 0 radical (unpaired) electrons. The number of nitrogens with zero attached hydrogens (tertiary/aromatic N) is 2. The van der Waals surface area contributed by atoms with Gasteiger partial charge in [-0.3, -0.25) is 0 Å². The maximum Gasteiger partial charge on any atom is 0.0948 e. The minimum atomic E-state index is 0.725. The maximum absolute atomic E-state index is 5.91. The van der Waals surface area contributed by atoms with E-state index in [1.807, 2.05) is 30.7 Å². The van der Waals surface area contributed by atoms with E-state index in [2.05, 4.69) is 37.7 Å². The lowest BCUT2D eigenvalue weighted by Gasteiger charge is -2.10. The Balaban J connectivity index is 2.04. The van der Waals surface area contributed by atoms with Gasteiger partial charge in [-0.1, -0.05) is 18.5 Å². The summed E-state index contributed by atoms with van der Waals surface area (Å²) >= 11 is 9.40. The van der Waals surface area contributed by atoms with Crippen molar-refractivity contribution < 1.29 is 0 Å². The molecule has 1 aromatic carbocycles. The van der Waals surface area contributed by atoms with Gasteiger partial charge >= 0.3 is 0 Å². The SMILES string of the molecule is CCCn1cncc1CNc1ccc(Cl)cc1Br. The van der Waals surface area contributed by atoms with E-state index in [4.69, 9.17) is 11.6 Å². The minimum absolute atomic E-state index is 0.725. The van der Waals surface area contributed by atoms with Crippen LogP contribution >= 0.6 is 27.5 Å². The number of aryl methyl sites for hydroxylation is 1. The van der Waals surface area contributed by atoms with Gasteiger partial charge in [-0.2, -0.15) is 0 Å². The van der Waals surface area contributed by atoms with E-state index in [1.165, 1.54) is 5.69 Å². The molecule has 18 heavy (non-hydrogen) atoms. The van der Waals surface area contributed by atoms with Gasteiger partial charge in [0.25, 0.3) is 0 Å². The second-order valence-electron chi connectivity index (χ2n) is 4.06. The van der Waals surface area contributed by atoms with Gasteiger partial charge in [0.05, 0.1) is 18.6 Å². The Kier molecular flexibility index (Phi) is 4.66. The lowest BCUT2D eigenvalue weighted by atomic mass is 10.3. The first-order chi connectivity index (χ1) is 8.70. The molecule has 0 bridgehead atoms. The third-order valence-electron chi connectivity index (χ3n) is 2.65. The Morgan fingerprint density at radius 3 is 3.00 bits per heavy atom. The van der Waals surface area contributed by atoms with Crippen molar-refractivity contribution in [2.45, 2.75) is 26.4 Å². The summed E-state index contributed by atoms with van der Waals surface area (Å²) < 4.78 is 3.13. The normalized spacial score (nSPS) is 10.6. The summed E-state index contributed by atoms with van der Waals surface area (Å²) in [5.74, 6) is 0. The second-order valence-corrected chi connectivity index (χ2v) is 5.35. The van der Waals surface area contributed by atoms with Crippen molar-refractivity contribution in [3.05, 3.63) is 45.9 Å². The number of anilines is 1. The zero-order chi connectivity index (χ0) is 13.0. The Bertz CT molecular complexity index is 525. The quantitative estimate of drug-likeness (QED) is 0.886. The maximum atomic E-state index is 5.91. The summed E-state index contributed by atoms with van der Waals surface area (Å²) in [5.41, 5.74) is 2.21. The molecule has 0 aliphatic carbocycles. The fourth-order valence-electron chi connectivity index (χ4n) is 1.76. The van der Waals surface area contributed by atoms with E-state index in [9.17, 15) is 0 Å². The fourth-order valence-corrected chi connectivity index (χ4v) is 2.58. The number of benzene rings is 1. The van der Waals surface area contributed by atoms with Gasteiger partial charge in [-0.15, -0.1) is 0 Å². The van der Waals surface area contributed by atoms with Gasteiger partial charge in [0.2, 0.25) is 0 Å². The van der Waals surface area contributed by atoms with Crippen LogP contribution in [0, 0.1) is 0 Å². The monoisotopic (exact) mass is 327 g/mol. The average molecular weight is 329 g/mol. The van der Waals surface area contributed by atoms with Gasteiger partial charge in [0, 0.05) is 27.9 Å². The molecule has 0 atom stereocenters. The average Bonchev–Trinajstić information content (AvgIpc) is 2.76. The molecule has 0 aliphatic heterocycles. The largest absolute Gasteiger partial charge is 0.378 e. The molecule has 0 spiro atoms. The summed E-state index contributed by atoms with van der Waals surface area (Å²) in [6, 6.07) is 5.72. The Morgan fingerprint density at radius 1 is 1.44 bits per heavy atom. The molecule has 0 fully saturated rings. The molecular weight excluding hydrogens is 314 g/mol. The predicted octanol–water partition coefficient (Wildman–Crippen LogP) is 4.32. The summed E-state index contributed by atoms with van der Waals surface area (Å²) in [4.78, 5) is 4.18. The highest BCUT2D eigenvalue weighted by Crippen LogP contribution is 2.26. The highest BCUT2D eigenvalue weighted by Gasteiger charge is 2.03. The lowest BCUT2D eigenvalue weighted by molar-refractivity contribution is 0.651. The standard InChI is InChI=1S/C13H15BrClN3/c1-2-5-18-9-16-7-11(18)8-17-13-4-3-10(15)6-12(13)14/h3-4,6-7,9,17H,2,5,8H2,1H3. The fraction of sp³-hybridized carbons (Fsp3) is 0.308. The van der Waals surface area contributed by atoms with Crippen LogP contribution in [0.3, 0.4) is 0 Å². The molecule has 0 aliphatic rings. The van der Waals surface area contributed by atoms with Crippen molar-refractivity contribution in [1.82, 2.24) is 9.55 Å². The van der Waals surface area contributed by atoms with E-state index < -0.39 is 0 Å². The molecule has 0 unspecified atom stereocenters. The first-order valence-electron chi connectivity index (χ1n) is 5.88. The van der Waals surface area contributed by atoms with Crippen LogP contribution in [0.4, 0.5) is 5.69 Å². The number of rotatable bonds is 5. The molecule has 96 valence electrons. The molecule has 3 nitrogen and oxygen atoms in total. The molecule has 0 saturated carbocycles. The van der Waals surface area contributed by atoms with E-state index in [-0.39, 0.29) is 0 Å². The van der Waals surface area contributed by atoms with Crippen LogP contribution in [0.2, 0.25) is 5.02 Å². The van der Waals surface area contributed by atoms with Gasteiger partial charge < -0.3 is 9.88 Å². The molecule has 0 saturated heterocycles. The van der Waals surface area contributed by atoms with Crippen LogP contribution in [0.15, 0.2) is 35.2 Å². The summed E-state index contributed by atoms with van der Waals surface area (Å²) in [6.07, 6.45) is 4.87. The third-order valence-corrected chi connectivity index (χ3v) is 3.55. The van der Waals surface area contributed by atoms with Crippen LogP contribution in [-0.2, 0) is 13.1 Å². The van der Waals surface area contributed by atoms with Gasteiger partial charge in [0.1, 0.15) is 0 Å². The summed E-state index contributed by atoms with van der Waals surface area (Å²) in [7, 11) is 0. The number of nitrogens with one attached hydrogen (secondary N) is 1. The minimum Gasteiger partial charge on any atom is -0.378 e. The molecule has 0 amide bonds. The van der Waals surface area contributed by atoms with Crippen molar-refractivity contribution in [3.8, 4) is 0 Å². The van der Waals surface area contributed by atoms with Crippen LogP contribution in [0.5, 0.6) is 0 Å². The van der Waals surface area contributed by atoms with Gasteiger partial charge in [-0.25, -0.2) is 4.98 Å². The smallest absolute Gasteiger partial charge is 0.0948 e. The van der Waals surface area contributed by atoms with Gasteiger partial charge in [0.15, 0.2) is 0 Å². The zero-order valence-corrected chi connectivity index (χ0v) is 12.5. The number of hydrogen-bond acceptors (Lipinski definition) is 2. The zero-order valence-electron chi connectivity index (χ0n) is 10.2. The van der Waals surface area contributed by atoms with Crippen LogP contribution in [-0.4, -0.2) is 9.55 Å². The molecular formula is C13H15BrClN3. The number of aromatic nitrogens is 2. The highest BCUT2D eigenvalue weighted by atomic mass is 79.9. The molecule has 1 aromatic heterocycles. The number of halogens is 2. The van der Waals surface area contributed by atoms with Crippen LogP contribution in [0.1, 0.15) is 19.0 Å². The van der Waals surface area contributed by atoms with Crippen molar-refractivity contribution in [2.24, 2.45) is 0 Å². The van der Waals surface area contributed by atoms with E-state index in [0.717, 1.165) is 34.7 Å². The number of hydrogen-bond donors (Lipinski definition) is 1. The lowest BCUT2D eigenvalue weighted by Crippen LogP contribution is -2.07. The molecule has 2 rings (SSSR count). The second kappa shape index (κ2) is 6.25. The third kappa shape index (κ3) is 3.27. The van der Waals surface area contributed by atoms with Gasteiger partial charge in [-0.05, 0) is 40.5 Å². The van der Waals surface area contributed by atoms with E-state index in [1.54, 1.807) is 0 Å². The van der Waals surface area contributed by atoms with Crippen molar-refractivity contribution in [2.75, 3.05) is 5.32 Å². The molecule has 1 N–H and O–H groups in total. The summed E-state index contributed by atoms with van der Waals surface area (Å²) in [6.45, 7) is 3.91. The predicted molar refractivity (Wildman–Crippen MR) is 79.0 cm³/mol. The van der Waals surface area contributed by atoms with Crippen molar-refractivity contribution >= 4 is 33.2 Å². The topological polar surface area (TPSA) is 29.9 Å². The molecule has 2 aromatic rings. The van der Waals surface area contributed by atoms with Crippen molar-refractivity contribution in [1.29, 1.82) is 0 Å². The van der Waals surface area contributed by atoms with E-state index in [0.29, 0.717) is 0 Å². The summed E-state index contributed by atoms with van der Waals surface area (Å²) in [5, 5.41) is 4.10. The molecule has 1 heterocycles.